The van der Waals surface area contributed by atoms with Crippen molar-refractivity contribution in [3.63, 3.8) is 0 Å². The molecule has 1 aromatic heterocycles. The lowest BCUT2D eigenvalue weighted by molar-refractivity contribution is 0.464. The Kier molecular flexibility index (Phi) is 5.26. The van der Waals surface area contributed by atoms with Gasteiger partial charge in [-0.1, -0.05) is 36.4 Å². The first-order valence-electron chi connectivity index (χ1n) is 6.87. The number of hydrogen-bond acceptors (Lipinski definition) is 2. The van der Waals surface area contributed by atoms with Crippen LogP contribution in [0.5, 0.6) is 5.75 Å². The van der Waals surface area contributed by atoms with Crippen LogP contribution in [-0.2, 0) is 13.0 Å². The molecule has 110 valence electrons. The van der Waals surface area contributed by atoms with Gasteiger partial charge in [0.15, 0.2) is 0 Å². The van der Waals surface area contributed by atoms with Crippen molar-refractivity contribution in [2.75, 3.05) is 6.54 Å². The summed E-state index contributed by atoms with van der Waals surface area (Å²) >= 11 is 0. The summed E-state index contributed by atoms with van der Waals surface area (Å²) < 4.78 is 0. The number of phenols is 1. The molecule has 0 radical (unpaired) electrons. The fraction of sp³-hybridized carbons (Fsp3) is 0.176. The van der Waals surface area contributed by atoms with Crippen LogP contribution in [0.4, 0.5) is 0 Å². The Bertz CT molecular complexity index is 709. The molecule has 4 heteroatoms. The topological polar surface area (TPSA) is 48.0 Å². The van der Waals surface area contributed by atoms with E-state index in [0.29, 0.717) is 12.3 Å². The van der Waals surface area contributed by atoms with Gasteiger partial charge >= 0.3 is 0 Å². The van der Waals surface area contributed by atoms with Crippen LogP contribution in [0.2, 0.25) is 0 Å². The van der Waals surface area contributed by atoms with Crippen molar-refractivity contribution in [3.8, 4) is 5.75 Å². The first-order valence-corrected chi connectivity index (χ1v) is 6.87. The number of hydrogen-bond donors (Lipinski definition) is 3. The normalized spacial score (nSPS) is 10.5. The number of benzene rings is 2. The first-order chi connectivity index (χ1) is 9.84. The Morgan fingerprint density at radius 1 is 0.952 bits per heavy atom. The molecule has 0 bridgehead atoms. The predicted molar refractivity (Wildman–Crippen MR) is 89.1 cm³/mol. The molecule has 3 N–H and O–H groups in total. The minimum Gasteiger partial charge on any atom is -0.508 e. The third-order valence-corrected chi connectivity index (χ3v) is 3.55. The van der Waals surface area contributed by atoms with Crippen molar-refractivity contribution in [3.05, 3.63) is 65.9 Å². The van der Waals surface area contributed by atoms with E-state index in [1.807, 2.05) is 24.3 Å². The van der Waals surface area contributed by atoms with Gasteiger partial charge < -0.3 is 15.4 Å². The van der Waals surface area contributed by atoms with Crippen molar-refractivity contribution in [1.82, 2.24) is 10.3 Å². The minimum atomic E-state index is 0. The largest absolute Gasteiger partial charge is 0.508 e. The summed E-state index contributed by atoms with van der Waals surface area (Å²) in [6.45, 7) is 1.57. The van der Waals surface area contributed by atoms with Gasteiger partial charge in [-0.3, -0.25) is 0 Å². The number of phenolic OH excluding ortho intramolecular Hbond substituents is 1. The van der Waals surface area contributed by atoms with Crippen LogP contribution in [0, 0.1) is 0 Å². The highest BCUT2D eigenvalue weighted by molar-refractivity contribution is 5.85. The predicted octanol–water partition coefficient (Wildman–Crippen LogP) is 3.63. The molecule has 0 saturated heterocycles. The summed E-state index contributed by atoms with van der Waals surface area (Å²) in [4.78, 5) is 3.29. The van der Waals surface area contributed by atoms with Gasteiger partial charge in [0.1, 0.15) is 5.75 Å². The smallest absolute Gasteiger partial charge is 0.120 e. The molecule has 21 heavy (non-hydrogen) atoms. The molecule has 3 nitrogen and oxygen atoms in total. The second kappa shape index (κ2) is 7.16. The molecule has 3 rings (SSSR count). The average Bonchev–Trinajstić information content (AvgIpc) is 2.89. The van der Waals surface area contributed by atoms with E-state index in [-0.39, 0.29) is 12.4 Å². The standard InChI is InChI=1S/C17H18N2O.ClH/c20-17-8-4-1-5-14(17)11-18-10-9-13-12-19-16-7-3-2-6-15(13)16;/h1-8,12,18-20H,9-11H2;1H. The van der Waals surface area contributed by atoms with E-state index in [4.69, 9.17) is 0 Å². The minimum absolute atomic E-state index is 0. The second-order valence-electron chi connectivity index (χ2n) is 4.91. The molecule has 0 fully saturated rings. The summed E-state index contributed by atoms with van der Waals surface area (Å²) in [5, 5.41) is 14.4. The van der Waals surface area contributed by atoms with E-state index in [1.165, 1.54) is 16.5 Å². The molecule has 0 saturated carbocycles. The van der Waals surface area contributed by atoms with E-state index in [9.17, 15) is 5.11 Å². The number of H-pyrrole nitrogens is 1. The molecule has 0 atom stereocenters. The number of nitrogens with one attached hydrogen (secondary N) is 2. The summed E-state index contributed by atoms with van der Waals surface area (Å²) in [5.74, 6) is 0.354. The highest BCUT2D eigenvalue weighted by Crippen LogP contribution is 2.18. The van der Waals surface area contributed by atoms with Crippen molar-refractivity contribution in [2.45, 2.75) is 13.0 Å². The van der Waals surface area contributed by atoms with Crippen LogP contribution in [0.3, 0.4) is 0 Å². The van der Waals surface area contributed by atoms with E-state index >= 15 is 0 Å². The molecule has 1 heterocycles. The second-order valence-corrected chi connectivity index (χ2v) is 4.91. The number of halogens is 1. The molecule has 2 aromatic carbocycles. The lowest BCUT2D eigenvalue weighted by atomic mass is 10.1. The van der Waals surface area contributed by atoms with Gasteiger partial charge in [-0.05, 0) is 30.7 Å². The Hall–Kier alpha value is -1.97. The Morgan fingerprint density at radius 3 is 2.57 bits per heavy atom. The zero-order valence-electron chi connectivity index (χ0n) is 11.7. The number of fused-ring (bicyclic) bond motifs is 1. The van der Waals surface area contributed by atoms with Crippen molar-refractivity contribution >= 4 is 23.3 Å². The molecule has 0 aliphatic carbocycles. The van der Waals surface area contributed by atoms with Gasteiger partial charge in [0.05, 0.1) is 0 Å². The SMILES string of the molecule is Cl.Oc1ccccc1CNCCc1c[nH]c2ccccc12. The van der Waals surface area contributed by atoms with Crippen LogP contribution in [0.1, 0.15) is 11.1 Å². The Morgan fingerprint density at radius 2 is 1.71 bits per heavy atom. The van der Waals surface area contributed by atoms with E-state index in [1.54, 1.807) is 6.07 Å². The summed E-state index contributed by atoms with van der Waals surface area (Å²) in [6, 6.07) is 15.8. The Balaban J connectivity index is 0.00000161. The van der Waals surface area contributed by atoms with E-state index in [2.05, 4.69) is 34.7 Å². The number of aromatic amines is 1. The fourth-order valence-electron chi connectivity index (χ4n) is 2.44. The molecular weight excluding hydrogens is 284 g/mol. The molecular formula is C17H19ClN2O. The molecule has 3 aromatic rings. The van der Waals surface area contributed by atoms with Crippen LogP contribution in [-0.4, -0.2) is 16.6 Å². The highest BCUT2D eigenvalue weighted by atomic mass is 35.5. The average molecular weight is 303 g/mol. The molecule has 0 spiro atoms. The van der Waals surface area contributed by atoms with Gasteiger partial charge in [-0.15, -0.1) is 12.4 Å². The fourth-order valence-corrected chi connectivity index (χ4v) is 2.44. The number of aromatic nitrogens is 1. The van der Waals surface area contributed by atoms with E-state index in [0.717, 1.165) is 18.5 Å². The zero-order valence-corrected chi connectivity index (χ0v) is 12.5. The zero-order chi connectivity index (χ0) is 13.8. The summed E-state index contributed by atoms with van der Waals surface area (Å²) in [6.07, 6.45) is 3.05. The maximum absolute atomic E-state index is 9.69. The summed E-state index contributed by atoms with van der Waals surface area (Å²) in [7, 11) is 0. The third kappa shape index (κ3) is 3.57. The molecule has 0 aliphatic rings. The van der Waals surface area contributed by atoms with Gasteiger partial charge in [0, 0.05) is 29.2 Å². The monoisotopic (exact) mass is 302 g/mol. The lowest BCUT2D eigenvalue weighted by Gasteiger charge is -2.06. The maximum atomic E-state index is 9.69. The van der Waals surface area contributed by atoms with Gasteiger partial charge in [-0.25, -0.2) is 0 Å². The summed E-state index contributed by atoms with van der Waals surface area (Å²) in [5.41, 5.74) is 3.44. The third-order valence-electron chi connectivity index (χ3n) is 3.55. The van der Waals surface area contributed by atoms with Crippen LogP contribution in [0.15, 0.2) is 54.7 Å². The number of aromatic hydroxyl groups is 1. The van der Waals surface area contributed by atoms with E-state index < -0.39 is 0 Å². The highest BCUT2D eigenvalue weighted by Gasteiger charge is 2.03. The van der Waals surface area contributed by atoms with Crippen LogP contribution < -0.4 is 5.32 Å². The van der Waals surface area contributed by atoms with Crippen molar-refractivity contribution in [1.29, 1.82) is 0 Å². The number of para-hydroxylation sites is 2. The van der Waals surface area contributed by atoms with Crippen molar-refractivity contribution in [2.24, 2.45) is 0 Å². The maximum Gasteiger partial charge on any atom is 0.120 e. The lowest BCUT2D eigenvalue weighted by Crippen LogP contribution is -2.16. The molecule has 0 unspecified atom stereocenters. The van der Waals surface area contributed by atoms with Gasteiger partial charge in [-0.2, -0.15) is 0 Å². The Labute approximate surface area is 130 Å². The molecule has 0 aliphatic heterocycles. The molecule has 0 amide bonds. The first kappa shape index (κ1) is 15.4. The number of rotatable bonds is 5. The van der Waals surface area contributed by atoms with Gasteiger partial charge in [0.25, 0.3) is 0 Å². The van der Waals surface area contributed by atoms with Crippen LogP contribution >= 0.6 is 12.4 Å². The quantitative estimate of drug-likeness (QED) is 0.630. The van der Waals surface area contributed by atoms with Gasteiger partial charge in [0.2, 0.25) is 0 Å². The van der Waals surface area contributed by atoms with Crippen LogP contribution in [0.25, 0.3) is 10.9 Å². The van der Waals surface area contributed by atoms with Crippen molar-refractivity contribution < 1.29 is 5.11 Å².